The number of carbonyl (C=O) groups is 1. The van der Waals surface area contributed by atoms with Gasteiger partial charge in [0.2, 0.25) is 5.91 Å². The third-order valence-electron chi connectivity index (χ3n) is 4.10. The molecule has 2 heterocycles. The Morgan fingerprint density at radius 3 is 2.63 bits per heavy atom. The van der Waals surface area contributed by atoms with E-state index >= 15 is 0 Å². The van der Waals surface area contributed by atoms with Gasteiger partial charge >= 0.3 is 0 Å². The van der Waals surface area contributed by atoms with Crippen LogP contribution in [0.5, 0.6) is 0 Å². The van der Waals surface area contributed by atoms with Gasteiger partial charge in [0.1, 0.15) is 0 Å². The average molecular weight is 308 g/mol. The molecule has 0 saturated carbocycles. The molecule has 1 amide bonds. The van der Waals surface area contributed by atoms with Crippen molar-refractivity contribution in [1.29, 1.82) is 0 Å². The monoisotopic (exact) mass is 307 g/mol. The highest BCUT2D eigenvalue weighted by Crippen LogP contribution is 2.24. The minimum atomic E-state index is 0. The molecule has 1 N–H and O–H groups in total. The van der Waals surface area contributed by atoms with Crippen LogP contribution in [-0.2, 0) is 4.79 Å². The van der Waals surface area contributed by atoms with Crippen molar-refractivity contribution in [3.05, 3.63) is 0 Å². The van der Waals surface area contributed by atoms with Crippen molar-refractivity contribution in [2.75, 3.05) is 45.0 Å². The molecule has 2 atom stereocenters. The number of carbonyl (C=O) groups excluding carboxylic acids is 1. The number of hydrogen-bond donors (Lipinski definition) is 1. The van der Waals surface area contributed by atoms with Crippen LogP contribution in [0.3, 0.4) is 0 Å². The first-order chi connectivity index (χ1) is 8.68. The van der Waals surface area contributed by atoms with E-state index in [2.05, 4.69) is 24.1 Å². The summed E-state index contributed by atoms with van der Waals surface area (Å²) in [4.78, 5) is 16.6. The fraction of sp³-hybridized carbons (Fsp3) is 0.923. The largest absolute Gasteiger partial charge is 0.340 e. The lowest BCUT2D eigenvalue weighted by Gasteiger charge is -2.37. The van der Waals surface area contributed by atoms with Crippen molar-refractivity contribution in [3.8, 4) is 0 Å². The van der Waals surface area contributed by atoms with E-state index in [1.54, 1.807) is 0 Å². The van der Waals surface area contributed by atoms with E-state index in [1.165, 1.54) is 5.75 Å². The molecule has 19 heavy (non-hydrogen) atoms. The summed E-state index contributed by atoms with van der Waals surface area (Å²) >= 11 is 2.05. The van der Waals surface area contributed by atoms with Gasteiger partial charge in [-0.2, -0.15) is 11.8 Å². The van der Waals surface area contributed by atoms with Crippen LogP contribution in [0.15, 0.2) is 0 Å². The Labute approximate surface area is 127 Å². The third kappa shape index (κ3) is 4.81. The van der Waals surface area contributed by atoms with Crippen molar-refractivity contribution in [2.45, 2.75) is 31.6 Å². The van der Waals surface area contributed by atoms with Crippen LogP contribution in [-0.4, -0.2) is 72.0 Å². The standard InChI is InChI=1S/C13H25N3OS.ClH/c1-11-12(2)18-10-9-15(11)6-3-13(17)16-7-4-14-5-8-16;/h11-12,14H,3-10H2,1-2H3;1H. The molecule has 0 bridgehead atoms. The summed E-state index contributed by atoms with van der Waals surface area (Å²) in [7, 11) is 0. The van der Waals surface area contributed by atoms with Crippen LogP contribution in [0, 0.1) is 0 Å². The predicted octanol–water partition coefficient (Wildman–Crippen LogP) is 1.06. The third-order valence-corrected chi connectivity index (χ3v) is 5.44. The zero-order valence-corrected chi connectivity index (χ0v) is 13.6. The van der Waals surface area contributed by atoms with Crippen LogP contribution in [0.4, 0.5) is 0 Å². The summed E-state index contributed by atoms with van der Waals surface area (Å²) in [5, 5.41) is 3.97. The lowest BCUT2D eigenvalue weighted by Crippen LogP contribution is -2.49. The Morgan fingerprint density at radius 1 is 1.26 bits per heavy atom. The average Bonchev–Trinajstić information content (AvgIpc) is 2.41. The molecular weight excluding hydrogens is 282 g/mol. The molecule has 0 radical (unpaired) electrons. The Kier molecular flexibility index (Phi) is 7.50. The van der Waals surface area contributed by atoms with Crippen molar-refractivity contribution >= 4 is 30.1 Å². The van der Waals surface area contributed by atoms with E-state index in [0.29, 0.717) is 23.6 Å². The zero-order chi connectivity index (χ0) is 13.0. The molecule has 2 aliphatic heterocycles. The first-order valence-electron chi connectivity index (χ1n) is 7.02. The first kappa shape index (κ1) is 17.1. The maximum atomic E-state index is 12.1. The maximum Gasteiger partial charge on any atom is 0.223 e. The van der Waals surface area contributed by atoms with Crippen LogP contribution in [0.25, 0.3) is 0 Å². The molecular formula is C13H26ClN3OS. The summed E-state index contributed by atoms with van der Waals surface area (Å²) in [6, 6.07) is 0.597. The van der Waals surface area contributed by atoms with Gasteiger partial charge in [0.25, 0.3) is 0 Å². The van der Waals surface area contributed by atoms with Crippen LogP contribution < -0.4 is 5.32 Å². The van der Waals surface area contributed by atoms with Gasteiger partial charge < -0.3 is 10.2 Å². The van der Waals surface area contributed by atoms with Gasteiger partial charge in [-0.25, -0.2) is 0 Å². The fourth-order valence-corrected chi connectivity index (χ4v) is 3.79. The first-order valence-corrected chi connectivity index (χ1v) is 8.07. The second kappa shape index (κ2) is 8.35. The van der Waals surface area contributed by atoms with Gasteiger partial charge in [-0.1, -0.05) is 6.92 Å². The molecule has 2 saturated heterocycles. The lowest BCUT2D eigenvalue weighted by atomic mass is 10.2. The molecule has 112 valence electrons. The van der Waals surface area contributed by atoms with E-state index < -0.39 is 0 Å². The molecule has 4 nitrogen and oxygen atoms in total. The molecule has 2 aliphatic rings. The van der Waals surface area contributed by atoms with Gasteiger partial charge in [0.05, 0.1) is 0 Å². The van der Waals surface area contributed by atoms with Crippen molar-refractivity contribution in [1.82, 2.24) is 15.1 Å². The lowest BCUT2D eigenvalue weighted by molar-refractivity contribution is -0.132. The molecule has 0 aromatic rings. The molecule has 6 heteroatoms. The quantitative estimate of drug-likeness (QED) is 0.846. The Balaban J connectivity index is 0.00000180. The highest BCUT2D eigenvalue weighted by Gasteiger charge is 2.26. The highest BCUT2D eigenvalue weighted by atomic mass is 35.5. The summed E-state index contributed by atoms with van der Waals surface area (Å²) < 4.78 is 0. The molecule has 2 rings (SSSR count). The zero-order valence-electron chi connectivity index (χ0n) is 11.9. The SMILES string of the molecule is CC1SCCN(CCC(=O)N2CCNCC2)C1C.Cl. The Morgan fingerprint density at radius 2 is 1.95 bits per heavy atom. The minimum Gasteiger partial charge on any atom is -0.340 e. The van der Waals surface area contributed by atoms with Gasteiger partial charge in [-0.3, -0.25) is 9.69 Å². The number of nitrogens with zero attached hydrogens (tertiary/aromatic N) is 2. The van der Waals surface area contributed by atoms with Crippen LogP contribution >= 0.6 is 24.2 Å². The fourth-order valence-electron chi connectivity index (χ4n) is 2.62. The van der Waals surface area contributed by atoms with Crippen molar-refractivity contribution in [2.24, 2.45) is 0 Å². The summed E-state index contributed by atoms with van der Waals surface area (Å²) in [6.07, 6.45) is 0.682. The molecule has 0 aromatic heterocycles. The van der Waals surface area contributed by atoms with Crippen LogP contribution in [0.2, 0.25) is 0 Å². The molecule has 0 aliphatic carbocycles. The Hall–Kier alpha value is 0.0300. The van der Waals surface area contributed by atoms with Gasteiger partial charge in [-0.15, -0.1) is 12.4 Å². The minimum absolute atomic E-state index is 0. The van der Waals surface area contributed by atoms with Crippen molar-refractivity contribution in [3.63, 3.8) is 0 Å². The molecule has 2 unspecified atom stereocenters. The summed E-state index contributed by atoms with van der Waals surface area (Å²) in [5.74, 6) is 1.53. The normalized spacial score (nSPS) is 28.8. The van der Waals surface area contributed by atoms with Crippen molar-refractivity contribution < 1.29 is 4.79 Å². The number of rotatable bonds is 3. The molecule has 2 fully saturated rings. The number of amides is 1. The van der Waals surface area contributed by atoms with E-state index in [1.807, 2.05) is 16.7 Å². The second-order valence-corrected chi connectivity index (χ2v) is 6.72. The molecule has 0 aromatic carbocycles. The Bertz CT molecular complexity index is 287. The van der Waals surface area contributed by atoms with Crippen LogP contribution in [0.1, 0.15) is 20.3 Å². The van der Waals surface area contributed by atoms with E-state index in [-0.39, 0.29) is 12.4 Å². The van der Waals surface area contributed by atoms with E-state index in [4.69, 9.17) is 0 Å². The maximum absolute atomic E-state index is 12.1. The van der Waals surface area contributed by atoms with Gasteiger partial charge in [-0.05, 0) is 6.92 Å². The summed E-state index contributed by atoms with van der Waals surface area (Å²) in [5.41, 5.74) is 0. The number of thioether (sulfide) groups is 1. The van der Waals surface area contributed by atoms with E-state index in [0.717, 1.165) is 39.3 Å². The summed E-state index contributed by atoms with van der Waals surface area (Å²) in [6.45, 7) is 10.3. The topological polar surface area (TPSA) is 35.6 Å². The van der Waals surface area contributed by atoms with E-state index in [9.17, 15) is 4.79 Å². The van der Waals surface area contributed by atoms with Gasteiger partial charge in [0.15, 0.2) is 0 Å². The number of halogens is 1. The van der Waals surface area contributed by atoms with Gasteiger partial charge in [0, 0.05) is 62.7 Å². The number of hydrogen-bond acceptors (Lipinski definition) is 4. The second-order valence-electron chi connectivity index (χ2n) is 5.23. The molecule has 0 spiro atoms. The number of nitrogens with one attached hydrogen (secondary N) is 1. The predicted molar refractivity (Wildman–Crippen MR) is 84.3 cm³/mol. The smallest absolute Gasteiger partial charge is 0.223 e. The highest BCUT2D eigenvalue weighted by molar-refractivity contribution is 8.00. The number of piperazine rings is 1.